The van der Waals surface area contributed by atoms with Gasteiger partial charge >= 0.3 is 0 Å². The van der Waals surface area contributed by atoms with Gasteiger partial charge in [0.05, 0.1) is 16.3 Å². The first-order valence-electron chi connectivity index (χ1n) is 10.4. The maximum atomic E-state index is 6.29. The van der Waals surface area contributed by atoms with Gasteiger partial charge in [0.2, 0.25) is 0 Å². The number of nitrogens with one attached hydrogen (secondary N) is 1. The zero-order valence-electron chi connectivity index (χ0n) is 16.6. The number of aromatic nitrogens is 1. The van der Waals surface area contributed by atoms with Crippen LogP contribution in [0.1, 0.15) is 35.1 Å². The van der Waals surface area contributed by atoms with Crippen LogP contribution in [0, 0.1) is 12.8 Å². The Balaban J connectivity index is 1.42. The van der Waals surface area contributed by atoms with Crippen LogP contribution in [0.2, 0.25) is 5.02 Å². The van der Waals surface area contributed by atoms with Gasteiger partial charge in [0, 0.05) is 22.2 Å². The van der Waals surface area contributed by atoms with Gasteiger partial charge in [-0.1, -0.05) is 42.0 Å². The van der Waals surface area contributed by atoms with Crippen molar-refractivity contribution in [3.63, 3.8) is 0 Å². The van der Waals surface area contributed by atoms with Crippen LogP contribution in [-0.2, 0) is 0 Å². The van der Waals surface area contributed by atoms with Crippen molar-refractivity contribution in [2.45, 2.75) is 25.3 Å². The van der Waals surface area contributed by atoms with E-state index in [2.05, 4.69) is 72.9 Å². The van der Waals surface area contributed by atoms with E-state index in [9.17, 15) is 0 Å². The van der Waals surface area contributed by atoms with Gasteiger partial charge in [-0.2, -0.15) is 0 Å². The topological polar surface area (TPSA) is 24.9 Å². The highest BCUT2D eigenvalue weighted by Crippen LogP contribution is 2.50. The van der Waals surface area contributed by atoms with Crippen LogP contribution in [0.5, 0.6) is 0 Å². The quantitative estimate of drug-likeness (QED) is 0.330. The minimum absolute atomic E-state index is 0.271. The maximum absolute atomic E-state index is 6.29. The van der Waals surface area contributed by atoms with Gasteiger partial charge in [0.15, 0.2) is 0 Å². The summed E-state index contributed by atoms with van der Waals surface area (Å²) in [7, 11) is 0. The average molecular weight is 429 g/mol. The molecular weight excluding hydrogens is 408 g/mol. The van der Waals surface area contributed by atoms with Crippen LogP contribution < -0.4 is 5.32 Å². The predicted molar refractivity (Wildman–Crippen MR) is 128 cm³/mol. The van der Waals surface area contributed by atoms with Crippen molar-refractivity contribution in [3.8, 4) is 10.6 Å². The zero-order valence-corrected chi connectivity index (χ0v) is 18.2. The van der Waals surface area contributed by atoms with E-state index in [0.29, 0.717) is 11.8 Å². The van der Waals surface area contributed by atoms with Crippen LogP contribution in [0.25, 0.3) is 20.8 Å². The molecule has 0 fully saturated rings. The number of thiazole rings is 1. The molecule has 2 heterocycles. The summed E-state index contributed by atoms with van der Waals surface area (Å²) >= 11 is 8.07. The number of anilines is 1. The average Bonchev–Trinajstić information content (AvgIpc) is 3.40. The van der Waals surface area contributed by atoms with Gasteiger partial charge in [-0.25, -0.2) is 4.98 Å². The Morgan fingerprint density at radius 2 is 2.00 bits per heavy atom. The molecule has 2 nitrogen and oxygen atoms in total. The van der Waals surface area contributed by atoms with Crippen molar-refractivity contribution >= 4 is 38.8 Å². The van der Waals surface area contributed by atoms with E-state index >= 15 is 0 Å². The third-order valence-corrected chi connectivity index (χ3v) is 7.66. The Kier molecular flexibility index (Phi) is 4.22. The number of nitrogens with zero attached hydrogens (tertiary/aromatic N) is 1. The summed E-state index contributed by atoms with van der Waals surface area (Å²) in [5.74, 6) is 0.922. The molecule has 148 valence electrons. The molecule has 2 aliphatic rings. The molecule has 4 heteroatoms. The van der Waals surface area contributed by atoms with Crippen LogP contribution >= 0.6 is 22.9 Å². The standard InChI is InChI=1S/C26H21ClN2S/c1-15-8-10-23-24(12-15)30-26(29-23)17-9-11-22-21(14-17)19-6-3-7-20(19)25(28-22)16-4-2-5-18(27)13-16/h2-6,8-14,19-20,25,28H,7H2,1H3/t19-,20+,25+/m1/s1. The first-order valence-corrected chi connectivity index (χ1v) is 11.6. The molecule has 6 rings (SSSR count). The number of allylic oxidation sites excluding steroid dienone is 2. The third-order valence-electron chi connectivity index (χ3n) is 6.36. The van der Waals surface area contributed by atoms with Gasteiger partial charge in [0.1, 0.15) is 5.01 Å². The number of hydrogen-bond donors (Lipinski definition) is 1. The van der Waals surface area contributed by atoms with Gasteiger partial charge < -0.3 is 5.32 Å². The Hall–Kier alpha value is -2.62. The fraction of sp³-hybridized carbons (Fsp3) is 0.192. The van der Waals surface area contributed by atoms with Crippen molar-refractivity contribution < 1.29 is 0 Å². The number of fused-ring (bicyclic) bond motifs is 4. The van der Waals surface area contributed by atoms with E-state index in [-0.39, 0.29) is 6.04 Å². The van der Waals surface area contributed by atoms with Crippen LogP contribution in [0.4, 0.5) is 5.69 Å². The lowest BCUT2D eigenvalue weighted by atomic mass is 9.76. The SMILES string of the molecule is Cc1ccc2nc(-c3ccc4c(c3)[C@@H]3C=CC[C@@H]3[C@H](c3cccc(Cl)c3)N4)sc2c1. The van der Waals surface area contributed by atoms with Crippen molar-refractivity contribution in [2.24, 2.45) is 5.92 Å². The van der Waals surface area contributed by atoms with Crippen molar-refractivity contribution in [1.29, 1.82) is 0 Å². The molecule has 0 saturated heterocycles. The molecule has 0 amide bonds. The molecule has 3 aromatic carbocycles. The molecule has 1 aliphatic carbocycles. The van der Waals surface area contributed by atoms with Crippen LogP contribution in [0.3, 0.4) is 0 Å². The number of benzene rings is 3. The summed E-state index contributed by atoms with van der Waals surface area (Å²) in [5.41, 5.74) is 7.41. The normalized spacial score (nSPS) is 22.0. The highest BCUT2D eigenvalue weighted by molar-refractivity contribution is 7.21. The molecule has 3 atom stereocenters. The Morgan fingerprint density at radius 3 is 2.90 bits per heavy atom. The number of rotatable bonds is 2. The van der Waals surface area contributed by atoms with Crippen LogP contribution in [-0.4, -0.2) is 4.98 Å². The molecule has 1 N–H and O–H groups in total. The fourth-order valence-electron chi connectivity index (χ4n) is 4.91. The molecule has 0 radical (unpaired) electrons. The molecule has 4 aromatic rings. The Morgan fingerprint density at radius 1 is 1.07 bits per heavy atom. The van der Waals surface area contributed by atoms with E-state index in [1.807, 2.05) is 12.1 Å². The summed E-state index contributed by atoms with van der Waals surface area (Å²) in [6, 6.07) is 21.8. The van der Waals surface area contributed by atoms with Gasteiger partial charge in [-0.05, 0) is 78.4 Å². The molecule has 30 heavy (non-hydrogen) atoms. The summed E-state index contributed by atoms with van der Waals surface area (Å²) in [6.07, 6.45) is 5.79. The second-order valence-corrected chi connectivity index (χ2v) is 9.79. The van der Waals surface area contributed by atoms with E-state index in [1.165, 1.54) is 32.6 Å². The summed E-state index contributed by atoms with van der Waals surface area (Å²) in [5, 5.41) is 5.70. The summed E-state index contributed by atoms with van der Waals surface area (Å²) in [4.78, 5) is 4.90. The van der Waals surface area contributed by atoms with Crippen molar-refractivity contribution in [1.82, 2.24) is 4.98 Å². The summed E-state index contributed by atoms with van der Waals surface area (Å²) in [6.45, 7) is 2.13. The summed E-state index contributed by atoms with van der Waals surface area (Å²) < 4.78 is 1.25. The Bertz CT molecular complexity index is 1310. The lowest BCUT2D eigenvalue weighted by Gasteiger charge is -2.37. The van der Waals surface area contributed by atoms with Gasteiger partial charge in [0.25, 0.3) is 0 Å². The van der Waals surface area contributed by atoms with Crippen LogP contribution in [0.15, 0.2) is 72.8 Å². The highest BCUT2D eigenvalue weighted by atomic mass is 35.5. The monoisotopic (exact) mass is 428 g/mol. The van der Waals surface area contributed by atoms with E-state index in [1.54, 1.807) is 11.3 Å². The second-order valence-electron chi connectivity index (χ2n) is 8.32. The highest BCUT2D eigenvalue weighted by Gasteiger charge is 2.38. The largest absolute Gasteiger partial charge is 0.378 e. The molecule has 0 bridgehead atoms. The first-order chi connectivity index (χ1) is 14.7. The van der Waals surface area contributed by atoms with E-state index in [0.717, 1.165) is 22.0 Å². The van der Waals surface area contributed by atoms with Crippen molar-refractivity contribution in [2.75, 3.05) is 5.32 Å². The zero-order chi connectivity index (χ0) is 20.2. The van der Waals surface area contributed by atoms with Gasteiger partial charge in [-0.3, -0.25) is 0 Å². The molecule has 0 spiro atoms. The predicted octanol–water partition coefficient (Wildman–Crippen LogP) is 7.75. The molecule has 1 aromatic heterocycles. The minimum Gasteiger partial charge on any atom is -0.378 e. The minimum atomic E-state index is 0.271. The number of aryl methyl sites for hydroxylation is 1. The smallest absolute Gasteiger partial charge is 0.124 e. The van der Waals surface area contributed by atoms with E-state index in [4.69, 9.17) is 16.6 Å². The lowest BCUT2D eigenvalue weighted by molar-refractivity contribution is 0.425. The van der Waals surface area contributed by atoms with Gasteiger partial charge in [-0.15, -0.1) is 11.3 Å². The van der Waals surface area contributed by atoms with E-state index < -0.39 is 0 Å². The molecule has 0 unspecified atom stereocenters. The second kappa shape index (κ2) is 6.97. The lowest BCUT2D eigenvalue weighted by Crippen LogP contribution is -2.29. The maximum Gasteiger partial charge on any atom is 0.124 e. The van der Waals surface area contributed by atoms with Crippen molar-refractivity contribution in [3.05, 3.63) is 94.5 Å². The Labute approximate surface area is 185 Å². The number of halogens is 1. The molecular formula is C26H21ClN2S. The molecule has 1 aliphatic heterocycles. The number of hydrogen-bond acceptors (Lipinski definition) is 3. The third kappa shape index (κ3) is 2.96. The molecule has 0 saturated carbocycles. The fourth-order valence-corrected chi connectivity index (χ4v) is 6.17. The first kappa shape index (κ1) is 18.2.